The summed E-state index contributed by atoms with van der Waals surface area (Å²) in [5, 5.41) is 20.3. The van der Waals surface area contributed by atoms with Gasteiger partial charge < -0.3 is 9.47 Å². The molecule has 28 heavy (non-hydrogen) atoms. The average Bonchev–Trinajstić information content (AvgIpc) is 3.07. The monoisotopic (exact) mass is 417 g/mol. The molecule has 0 radical (unpaired) electrons. The predicted octanol–water partition coefficient (Wildman–Crippen LogP) is 3.80. The van der Waals surface area contributed by atoms with E-state index in [1.807, 2.05) is 12.1 Å². The van der Waals surface area contributed by atoms with Gasteiger partial charge in [-0.25, -0.2) is 0 Å². The third kappa shape index (κ3) is 4.49. The normalized spacial score (nSPS) is 10.7. The molecule has 0 saturated heterocycles. The molecule has 0 saturated carbocycles. The first-order chi connectivity index (χ1) is 13.3. The number of carbonyl (C=O) groups excluding carboxylic acids is 1. The number of nitrogens with zero attached hydrogens (tertiary/aromatic N) is 5. The SMILES string of the molecule is CN(Cc1ccc(Cl)cc1)C(=O)c1ccc(Sc2nncn2C)c([N+](=O)[O-])c1. The van der Waals surface area contributed by atoms with Gasteiger partial charge >= 0.3 is 0 Å². The molecular formula is C18H16ClN5O3S. The van der Waals surface area contributed by atoms with E-state index in [9.17, 15) is 14.9 Å². The van der Waals surface area contributed by atoms with E-state index in [-0.39, 0.29) is 17.2 Å². The lowest BCUT2D eigenvalue weighted by Gasteiger charge is -2.17. The summed E-state index contributed by atoms with van der Waals surface area (Å²) in [4.78, 5) is 25.6. The molecule has 0 unspecified atom stereocenters. The molecule has 3 aromatic rings. The van der Waals surface area contributed by atoms with Crippen molar-refractivity contribution in [2.75, 3.05) is 7.05 Å². The molecule has 3 rings (SSSR count). The lowest BCUT2D eigenvalue weighted by Crippen LogP contribution is -2.26. The predicted molar refractivity (Wildman–Crippen MR) is 105 cm³/mol. The third-order valence-electron chi connectivity index (χ3n) is 3.95. The molecule has 0 atom stereocenters. The van der Waals surface area contributed by atoms with Gasteiger partial charge in [-0.05, 0) is 41.6 Å². The van der Waals surface area contributed by atoms with E-state index in [1.54, 1.807) is 42.9 Å². The minimum absolute atomic E-state index is 0.154. The topological polar surface area (TPSA) is 94.2 Å². The number of amides is 1. The summed E-state index contributed by atoms with van der Waals surface area (Å²) < 4.78 is 1.66. The zero-order chi connectivity index (χ0) is 20.3. The molecule has 0 aliphatic rings. The number of nitro groups is 1. The van der Waals surface area contributed by atoms with Crippen LogP contribution in [0.2, 0.25) is 5.02 Å². The van der Waals surface area contributed by atoms with E-state index in [4.69, 9.17) is 11.6 Å². The highest BCUT2D eigenvalue weighted by Gasteiger charge is 2.21. The molecule has 2 aromatic carbocycles. The van der Waals surface area contributed by atoms with Crippen molar-refractivity contribution in [3.8, 4) is 0 Å². The summed E-state index contributed by atoms with van der Waals surface area (Å²) in [5.74, 6) is -0.312. The third-order valence-corrected chi connectivity index (χ3v) is 5.32. The van der Waals surface area contributed by atoms with Crippen molar-refractivity contribution >= 4 is 35.0 Å². The van der Waals surface area contributed by atoms with Gasteiger partial charge in [-0.3, -0.25) is 14.9 Å². The fourth-order valence-electron chi connectivity index (χ4n) is 2.50. The van der Waals surface area contributed by atoms with Crippen molar-refractivity contribution in [3.05, 3.63) is 75.1 Å². The molecule has 0 aliphatic carbocycles. The van der Waals surface area contributed by atoms with E-state index in [0.29, 0.717) is 21.6 Å². The van der Waals surface area contributed by atoms with Gasteiger partial charge in [0.25, 0.3) is 11.6 Å². The van der Waals surface area contributed by atoms with Gasteiger partial charge in [0.2, 0.25) is 0 Å². The first-order valence-corrected chi connectivity index (χ1v) is 9.35. The summed E-state index contributed by atoms with van der Waals surface area (Å²) in [6, 6.07) is 11.6. The van der Waals surface area contributed by atoms with Crippen LogP contribution in [0.3, 0.4) is 0 Å². The smallest absolute Gasteiger partial charge is 0.284 e. The van der Waals surface area contributed by atoms with Crippen LogP contribution < -0.4 is 0 Å². The highest BCUT2D eigenvalue weighted by Crippen LogP contribution is 2.34. The first-order valence-electron chi connectivity index (χ1n) is 8.15. The largest absolute Gasteiger partial charge is 0.337 e. The first kappa shape index (κ1) is 19.8. The van der Waals surface area contributed by atoms with Crippen molar-refractivity contribution in [3.63, 3.8) is 0 Å². The quantitative estimate of drug-likeness (QED) is 0.447. The maximum Gasteiger partial charge on any atom is 0.284 e. The lowest BCUT2D eigenvalue weighted by atomic mass is 10.1. The zero-order valence-corrected chi connectivity index (χ0v) is 16.6. The number of aryl methyl sites for hydroxylation is 1. The fraction of sp³-hybridized carbons (Fsp3) is 0.167. The number of hydrogen-bond acceptors (Lipinski definition) is 6. The molecule has 0 spiro atoms. The molecule has 0 bridgehead atoms. The minimum atomic E-state index is -0.505. The maximum atomic E-state index is 12.7. The van der Waals surface area contributed by atoms with Crippen LogP contribution in [0, 0.1) is 10.1 Å². The number of halogens is 1. The molecule has 0 N–H and O–H groups in total. The van der Waals surface area contributed by atoms with E-state index in [0.717, 1.165) is 17.3 Å². The Morgan fingerprint density at radius 2 is 2.00 bits per heavy atom. The van der Waals surface area contributed by atoms with Crippen molar-refractivity contribution < 1.29 is 9.72 Å². The molecule has 1 amide bonds. The number of hydrogen-bond donors (Lipinski definition) is 0. The summed E-state index contributed by atoms with van der Waals surface area (Å²) >= 11 is 6.99. The Balaban J connectivity index is 1.82. The Kier molecular flexibility index (Phi) is 5.96. The second kappa shape index (κ2) is 8.41. The van der Waals surface area contributed by atoms with Crippen LogP contribution in [-0.2, 0) is 13.6 Å². The van der Waals surface area contributed by atoms with Crippen LogP contribution >= 0.6 is 23.4 Å². The van der Waals surface area contributed by atoms with E-state index < -0.39 is 4.92 Å². The standard InChI is InChI=1S/C18H16ClN5O3S/c1-22(10-12-3-6-14(19)7-4-12)17(25)13-5-8-16(15(9-13)24(26)27)28-18-21-20-11-23(18)2/h3-9,11H,10H2,1-2H3. The number of aromatic nitrogens is 3. The van der Waals surface area contributed by atoms with Gasteiger partial charge in [0.15, 0.2) is 5.16 Å². The van der Waals surface area contributed by atoms with Crippen LogP contribution in [0.4, 0.5) is 5.69 Å². The number of carbonyl (C=O) groups is 1. The number of benzene rings is 2. The van der Waals surface area contributed by atoms with Crippen LogP contribution in [0.15, 0.2) is 58.8 Å². The van der Waals surface area contributed by atoms with Crippen LogP contribution in [0.5, 0.6) is 0 Å². The summed E-state index contributed by atoms with van der Waals surface area (Å²) in [5.41, 5.74) is 0.994. The summed E-state index contributed by atoms with van der Waals surface area (Å²) in [6.45, 7) is 0.360. The Morgan fingerprint density at radius 1 is 1.29 bits per heavy atom. The Labute approximate surface area is 170 Å². The molecule has 10 heteroatoms. The molecule has 8 nitrogen and oxygen atoms in total. The second-order valence-corrected chi connectivity index (χ2v) is 7.50. The number of rotatable bonds is 6. The fourth-order valence-corrected chi connectivity index (χ4v) is 3.47. The molecule has 1 heterocycles. The van der Waals surface area contributed by atoms with Crippen molar-refractivity contribution in [2.24, 2.45) is 7.05 Å². The summed E-state index contributed by atoms with van der Waals surface area (Å²) in [7, 11) is 3.39. The molecule has 1 aromatic heterocycles. The van der Waals surface area contributed by atoms with Gasteiger partial charge in [0, 0.05) is 37.3 Å². The van der Waals surface area contributed by atoms with Crippen molar-refractivity contribution in [1.82, 2.24) is 19.7 Å². The Bertz CT molecular complexity index is 1020. The molecule has 0 fully saturated rings. The highest BCUT2D eigenvalue weighted by atomic mass is 35.5. The molecular weight excluding hydrogens is 402 g/mol. The zero-order valence-electron chi connectivity index (χ0n) is 15.1. The van der Waals surface area contributed by atoms with E-state index in [2.05, 4.69) is 10.2 Å². The van der Waals surface area contributed by atoms with Gasteiger partial charge in [0.05, 0.1) is 9.82 Å². The second-order valence-electron chi connectivity index (χ2n) is 6.05. The van der Waals surface area contributed by atoms with Crippen molar-refractivity contribution in [2.45, 2.75) is 16.6 Å². The van der Waals surface area contributed by atoms with Crippen LogP contribution in [-0.4, -0.2) is 37.5 Å². The van der Waals surface area contributed by atoms with Crippen molar-refractivity contribution in [1.29, 1.82) is 0 Å². The van der Waals surface area contributed by atoms with Crippen LogP contribution in [0.25, 0.3) is 0 Å². The minimum Gasteiger partial charge on any atom is -0.337 e. The number of nitro benzene ring substituents is 1. The Morgan fingerprint density at radius 3 is 2.61 bits per heavy atom. The molecule has 0 aliphatic heterocycles. The van der Waals surface area contributed by atoms with Crippen LogP contribution in [0.1, 0.15) is 15.9 Å². The average molecular weight is 418 g/mol. The van der Waals surface area contributed by atoms with E-state index in [1.165, 1.54) is 17.3 Å². The maximum absolute atomic E-state index is 12.7. The van der Waals surface area contributed by atoms with E-state index >= 15 is 0 Å². The van der Waals surface area contributed by atoms with Gasteiger partial charge in [-0.1, -0.05) is 23.7 Å². The van der Waals surface area contributed by atoms with Gasteiger partial charge in [-0.2, -0.15) is 0 Å². The molecule has 144 valence electrons. The van der Waals surface area contributed by atoms with Gasteiger partial charge in [-0.15, -0.1) is 10.2 Å². The summed E-state index contributed by atoms with van der Waals surface area (Å²) in [6.07, 6.45) is 1.51. The highest BCUT2D eigenvalue weighted by molar-refractivity contribution is 7.99. The lowest BCUT2D eigenvalue weighted by molar-refractivity contribution is -0.387. The Hall–Kier alpha value is -2.91. The van der Waals surface area contributed by atoms with Gasteiger partial charge in [0.1, 0.15) is 6.33 Å².